The smallest absolute Gasteiger partial charge is 0.582 e. The number of carbonyl (C=O) groups is 4. The Balaban J connectivity index is 1.53. The lowest BCUT2D eigenvalue weighted by Crippen LogP contribution is -2.52. The molecule has 2 aliphatic heterocycles. The molecule has 2 aliphatic rings. The number of fused-ring (bicyclic) bond motifs is 1. The molecular formula is C26H31BN2O8. The molecule has 3 atom stereocenters. The van der Waals surface area contributed by atoms with Gasteiger partial charge in [0.1, 0.15) is 11.7 Å². The van der Waals surface area contributed by atoms with Crippen LogP contribution in [0.25, 0.3) is 11.3 Å². The molecule has 1 aromatic heterocycles. The number of nitrogens with one attached hydrogen (secondary N) is 1. The zero-order valence-electron chi connectivity index (χ0n) is 21.1. The van der Waals surface area contributed by atoms with Crippen molar-refractivity contribution < 1.29 is 37.9 Å². The third kappa shape index (κ3) is 5.73. The van der Waals surface area contributed by atoms with Crippen LogP contribution in [0.2, 0.25) is 5.82 Å². The number of carbonyl (C=O) groups excluding carboxylic acids is 4. The Bertz CT molecular complexity index is 1170. The molecule has 0 bridgehead atoms. The van der Waals surface area contributed by atoms with Crippen LogP contribution >= 0.6 is 0 Å². The molecule has 0 radical (unpaired) electrons. The fraction of sp³-hybridized carbons (Fsp3) is 0.423. The molecule has 2 fully saturated rings. The van der Waals surface area contributed by atoms with Crippen LogP contribution in [0.3, 0.4) is 0 Å². The summed E-state index contributed by atoms with van der Waals surface area (Å²) < 4.78 is 13.6. The Labute approximate surface area is 215 Å². The molecule has 10 nitrogen and oxygen atoms in total. The van der Waals surface area contributed by atoms with Crippen LogP contribution in [-0.4, -0.2) is 65.8 Å². The highest BCUT2D eigenvalue weighted by atomic mass is 16.9. The second-order valence-electron chi connectivity index (χ2n) is 10.0. The number of nitrogens with zero attached hydrogens (tertiary/aromatic N) is 1. The molecule has 0 aliphatic carbocycles. The highest BCUT2D eigenvalue weighted by molar-refractivity contribution is 6.69. The van der Waals surface area contributed by atoms with Gasteiger partial charge in [-0.3, -0.25) is 9.59 Å². The van der Waals surface area contributed by atoms with Crippen molar-refractivity contribution in [2.75, 3.05) is 13.2 Å². The van der Waals surface area contributed by atoms with Crippen LogP contribution in [0.5, 0.6) is 0 Å². The molecule has 3 heterocycles. The van der Waals surface area contributed by atoms with E-state index in [9.17, 15) is 24.3 Å². The highest BCUT2D eigenvalue weighted by Gasteiger charge is 2.67. The third-order valence-corrected chi connectivity index (χ3v) is 6.64. The fourth-order valence-electron chi connectivity index (χ4n) is 5.05. The lowest BCUT2D eigenvalue weighted by atomic mass is 9.58. The standard InChI is InChI=1S/C26H31BN2O8/c1-16(2)12-19(27-35-23(32)14-37(27)15-24(33)36-27)13-22(31)25(17(3)30)29-26(34)21-11-7-10-20(28-21)18-8-5-4-6-9-18/h4-11,16-17,19,25,30H,12-15H2,1-3H3,(H,29,34)/t17-,19-,25+/m1/s1. The van der Waals surface area contributed by atoms with E-state index in [1.54, 1.807) is 12.1 Å². The molecular weight excluding hydrogens is 479 g/mol. The summed E-state index contributed by atoms with van der Waals surface area (Å²) in [5.41, 5.74) is 1.52. The lowest BCUT2D eigenvalue weighted by molar-refractivity contribution is -0.141. The van der Waals surface area contributed by atoms with Gasteiger partial charge in [0.05, 0.1) is 11.8 Å². The summed E-state index contributed by atoms with van der Waals surface area (Å²) in [6.45, 7) is 2.36. The minimum atomic E-state index is -2.57. The summed E-state index contributed by atoms with van der Waals surface area (Å²) in [6.07, 6.45) is -0.980. The average molecular weight is 510 g/mol. The predicted molar refractivity (Wildman–Crippen MR) is 134 cm³/mol. The van der Waals surface area contributed by atoms with Crippen molar-refractivity contribution in [3.63, 3.8) is 0 Å². The Morgan fingerprint density at radius 2 is 1.68 bits per heavy atom. The normalized spacial score (nSPS) is 19.1. The largest absolute Gasteiger partial charge is 0.688 e. The topological polar surface area (TPSA) is 135 Å². The minimum Gasteiger partial charge on any atom is -0.582 e. The van der Waals surface area contributed by atoms with Gasteiger partial charge in [-0.15, -0.1) is 0 Å². The van der Waals surface area contributed by atoms with Crippen LogP contribution in [0, 0.1) is 5.92 Å². The average Bonchev–Trinajstić information content (AvgIpc) is 3.33. The van der Waals surface area contributed by atoms with Crippen molar-refractivity contribution in [3.8, 4) is 11.3 Å². The first-order chi connectivity index (χ1) is 17.6. The molecule has 196 valence electrons. The monoisotopic (exact) mass is 510 g/mol. The van der Waals surface area contributed by atoms with Crippen LogP contribution in [0.1, 0.15) is 44.1 Å². The highest BCUT2D eigenvalue weighted by Crippen LogP contribution is 2.44. The van der Waals surface area contributed by atoms with Gasteiger partial charge in [0, 0.05) is 11.4 Å². The summed E-state index contributed by atoms with van der Waals surface area (Å²) in [5.74, 6) is -2.77. The second-order valence-corrected chi connectivity index (χ2v) is 10.0. The van der Waals surface area contributed by atoms with E-state index >= 15 is 0 Å². The molecule has 0 saturated carbocycles. The minimum absolute atomic E-state index is 0.0830. The van der Waals surface area contributed by atoms with Gasteiger partial charge in [-0.1, -0.05) is 56.7 Å². The maximum Gasteiger partial charge on any atom is 0.688 e. The van der Waals surface area contributed by atoms with Gasteiger partial charge < -0.3 is 24.0 Å². The van der Waals surface area contributed by atoms with E-state index in [-0.39, 0.29) is 31.2 Å². The number of ketones is 1. The Hall–Kier alpha value is -3.57. The van der Waals surface area contributed by atoms with Crippen molar-refractivity contribution in [1.82, 2.24) is 10.3 Å². The number of hydrogen-bond donors (Lipinski definition) is 2. The van der Waals surface area contributed by atoms with Gasteiger partial charge >= 0.3 is 18.7 Å². The molecule has 4 rings (SSSR count). The maximum absolute atomic E-state index is 13.4. The molecule has 1 aromatic carbocycles. The van der Waals surface area contributed by atoms with Crippen LogP contribution in [-0.2, 0) is 28.0 Å². The predicted octanol–water partition coefficient (Wildman–Crippen LogP) is 2.21. The quantitative estimate of drug-likeness (QED) is 0.367. The summed E-state index contributed by atoms with van der Waals surface area (Å²) in [5, 5.41) is 13.0. The Kier molecular flexibility index (Phi) is 7.75. The van der Waals surface area contributed by atoms with Gasteiger partial charge in [-0.25, -0.2) is 14.6 Å². The van der Waals surface area contributed by atoms with E-state index in [2.05, 4.69) is 14.6 Å². The molecule has 11 heteroatoms. The third-order valence-electron chi connectivity index (χ3n) is 6.64. The summed E-state index contributed by atoms with van der Waals surface area (Å²) in [7, 11) is 0. The first-order valence-corrected chi connectivity index (χ1v) is 12.4. The summed E-state index contributed by atoms with van der Waals surface area (Å²) >= 11 is 0. The van der Waals surface area contributed by atoms with E-state index in [1.807, 2.05) is 44.2 Å². The number of aromatic nitrogens is 1. The molecule has 2 aromatic rings. The van der Waals surface area contributed by atoms with E-state index in [0.717, 1.165) is 5.56 Å². The molecule has 0 unspecified atom stereocenters. The lowest BCUT2D eigenvalue weighted by Gasteiger charge is -2.36. The van der Waals surface area contributed by atoms with Crippen molar-refractivity contribution in [1.29, 1.82) is 0 Å². The number of aliphatic hydroxyl groups excluding tert-OH is 1. The number of pyridine rings is 1. The van der Waals surface area contributed by atoms with E-state index < -0.39 is 48.3 Å². The number of benzene rings is 1. The van der Waals surface area contributed by atoms with Gasteiger partial charge in [0.15, 0.2) is 19.0 Å². The van der Waals surface area contributed by atoms with Crippen molar-refractivity contribution in [3.05, 3.63) is 54.2 Å². The zero-order chi connectivity index (χ0) is 26.7. The second kappa shape index (κ2) is 10.8. The molecule has 2 N–H and O–H groups in total. The number of amides is 1. The summed E-state index contributed by atoms with van der Waals surface area (Å²) in [4.78, 5) is 55.0. The van der Waals surface area contributed by atoms with Gasteiger partial charge in [0.25, 0.3) is 5.91 Å². The van der Waals surface area contributed by atoms with E-state index in [0.29, 0.717) is 12.1 Å². The van der Waals surface area contributed by atoms with E-state index in [1.165, 1.54) is 13.0 Å². The van der Waals surface area contributed by atoms with Crippen LogP contribution in [0.4, 0.5) is 0 Å². The molecule has 1 amide bonds. The Morgan fingerprint density at radius 1 is 1.03 bits per heavy atom. The zero-order valence-corrected chi connectivity index (χ0v) is 21.1. The van der Waals surface area contributed by atoms with Crippen LogP contribution in [0.15, 0.2) is 48.5 Å². The van der Waals surface area contributed by atoms with Crippen molar-refractivity contribution in [2.24, 2.45) is 5.92 Å². The number of rotatable bonds is 10. The van der Waals surface area contributed by atoms with Gasteiger partial charge in [0.2, 0.25) is 0 Å². The fourth-order valence-corrected chi connectivity index (χ4v) is 5.05. The van der Waals surface area contributed by atoms with Gasteiger partial charge in [-0.05, 0) is 31.4 Å². The Morgan fingerprint density at radius 3 is 2.27 bits per heavy atom. The first-order valence-electron chi connectivity index (χ1n) is 12.4. The SMILES string of the molecule is CC(C)C[C@H](CC(=O)[C@@H](NC(=O)c1cccc(-c2ccccc2)n1)[C@@H](C)O)[B-]12OC(=O)C[O+]1CC(=O)O2. The van der Waals surface area contributed by atoms with Crippen molar-refractivity contribution in [2.45, 2.75) is 51.6 Å². The van der Waals surface area contributed by atoms with Gasteiger partial charge in [-0.2, -0.15) is 0 Å². The number of aliphatic hydroxyl groups is 1. The first kappa shape index (κ1) is 26.5. The van der Waals surface area contributed by atoms with E-state index in [4.69, 9.17) is 9.31 Å². The molecule has 37 heavy (non-hydrogen) atoms. The van der Waals surface area contributed by atoms with Crippen LogP contribution < -0.4 is 5.32 Å². The number of Topliss-reactive ketones (excluding diaryl/α,β-unsaturated/α-hetero) is 1. The molecule has 0 spiro atoms. The van der Waals surface area contributed by atoms with Crippen molar-refractivity contribution >= 4 is 30.4 Å². The number of hydrogen-bond acceptors (Lipinski definition) is 8. The summed E-state index contributed by atoms with van der Waals surface area (Å²) in [6, 6.07) is 13.1. The maximum atomic E-state index is 13.4. The molecule has 2 saturated heterocycles.